The van der Waals surface area contributed by atoms with Crippen LogP contribution in [0.1, 0.15) is 33.6 Å². The Bertz CT molecular complexity index is 228. The summed E-state index contributed by atoms with van der Waals surface area (Å²) in [5.41, 5.74) is 1.47. The minimum absolute atomic E-state index is 0.199. The third-order valence-electron chi connectivity index (χ3n) is 2.98. The zero-order chi connectivity index (χ0) is 10.1. The topological polar surface area (TPSA) is 26.3 Å². The van der Waals surface area contributed by atoms with Crippen LogP contribution >= 0.6 is 0 Å². The van der Waals surface area contributed by atoms with E-state index in [4.69, 9.17) is 4.74 Å². The molecule has 0 unspecified atom stereocenters. The predicted molar refractivity (Wildman–Crippen MR) is 52.3 cm³/mol. The van der Waals surface area contributed by atoms with Crippen molar-refractivity contribution in [3.8, 4) is 0 Å². The molecule has 0 amide bonds. The fourth-order valence-electron chi connectivity index (χ4n) is 1.93. The standard InChI is InChI=1S/C11H18O2/c1-8-5-6-11(3,4)10(8)7-13-9(2)12/h10H,1,5-7H2,2-4H3/t10-/m0/s1. The molecule has 1 rings (SSSR count). The molecule has 1 atom stereocenters. The number of esters is 1. The van der Waals surface area contributed by atoms with Crippen LogP contribution in [0.3, 0.4) is 0 Å². The maximum absolute atomic E-state index is 10.7. The van der Waals surface area contributed by atoms with E-state index >= 15 is 0 Å². The third-order valence-corrected chi connectivity index (χ3v) is 2.98. The van der Waals surface area contributed by atoms with Crippen molar-refractivity contribution >= 4 is 5.97 Å². The Labute approximate surface area is 80.0 Å². The molecule has 0 aromatic carbocycles. The third kappa shape index (κ3) is 2.33. The van der Waals surface area contributed by atoms with Crippen molar-refractivity contribution in [1.29, 1.82) is 0 Å². The van der Waals surface area contributed by atoms with Gasteiger partial charge < -0.3 is 4.74 Å². The van der Waals surface area contributed by atoms with E-state index in [2.05, 4.69) is 20.4 Å². The van der Waals surface area contributed by atoms with Crippen molar-refractivity contribution in [2.45, 2.75) is 33.6 Å². The maximum Gasteiger partial charge on any atom is 0.302 e. The molecule has 1 aliphatic rings. The maximum atomic E-state index is 10.7. The van der Waals surface area contributed by atoms with Crippen molar-refractivity contribution in [1.82, 2.24) is 0 Å². The zero-order valence-corrected chi connectivity index (χ0v) is 8.72. The van der Waals surface area contributed by atoms with Crippen LogP contribution in [0.2, 0.25) is 0 Å². The van der Waals surface area contributed by atoms with E-state index in [0.29, 0.717) is 12.5 Å². The van der Waals surface area contributed by atoms with Crippen molar-refractivity contribution in [3.05, 3.63) is 12.2 Å². The van der Waals surface area contributed by atoms with Gasteiger partial charge in [0.05, 0.1) is 6.61 Å². The lowest BCUT2D eigenvalue weighted by Gasteiger charge is -2.26. The van der Waals surface area contributed by atoms with Gasteiger partial charge in [-0.2, -0.15) is 0 Å². The second kappa shape index (κ2) is 3.52. The Balaban J connectivity index is 2.56. The van der Waals surface area contributed by atoms with Crippen LogP contribution in [0.5, 0.6) is 0 Å². The van der Waals surface area contributed by atoms with Crippen LogP contribution in [0.15, 0.2) is 12.2 Å². The van der Waals surface area contributed by atoms with E-state index in [-0.39, 0.29) is 11.4 Å². The zero-order valence-electron chi connectivity index (χ0n) is 8.72. The van der Waals surface area contributed by atoms with Gasteiger partial charge in [0.2, 0.25) is 0 Å². The summed E-state index contributed by atoms with van der Waals surface area (Å²) in [6.45, 7) is 10.4. The van der Waals surface area contributed by atoms with Crippen molar-refractivity contribution in [2.24, 2.45) is 11.3 Å². The summed E-state index contributed by atoms with van der Waals surface area (Å²) in [7, 11) is 0. The smallest absolute Gasteiger partial charge is 0.302 e. The van der Waals surface area contributed by atoms with Gasteiger partial charge in [0.25, 0.3) is 0 Å². The molecular weight excluding hydrogens is 164 g/mol. The molecule has 1 fully saturated rings. The summed E-state index contributed by atoms with van der Waals surface area (Å²) < 4.78 is 5.03. The SMILES string of the molecule is C=C1CCC(C)(C)[C@H]1COC(C)=O. The highest BCUT2D eigenvalue weighted by molar-refractivity contribution is 5.65. The van der Waals surface area contributed by atoms with Crippen LogP contribution < -0.4 is 0 Å². The van der Waals surface area contributed by atoms with Crippen molar-refractivity contribution in [2.75, 3.05) is 6.61 Å². The van der Waals surface area contributed by atoms with Gasteiger partial charge >= 0.3 is 5.97 Å². The normalized spacial score (nSPS) is 26.1. The molecule has 0 heterocycles. The second-order valence-corrected chi connectivity index (χ2v) is 4.50. The predicted octanol–water partition coefficient (Wildman–Crippen LogP) is 2.54. The quantitative estimate of drug-likeness (QED) is 0.484. The molecule has 0 spiro atoms. The monoisotopic (exact) mass is 182 g/mol. The number of ether oxygens (including phenoxy) is 1. The van der Waals surface area contributed by atoms with Crippen molar-refractivity contribution < 1.29 is 9.53 Å². The summed E-state index contributed by atoms with van der Waals surface area (Å²) >= 11 is 0. The molecule has 2 heteroatoms. The minimum atomic E-state index is -0.199. The van der Waals surface area contributed by atoms with Gasteiger partial charge in [-0.3, -0.25) is 4.79 Å². The first-order valence-electron chi connectivity index (χ1n) is 4.74. The molecule has 0 saturated heterocycles. The molecule has 0 bridgehead atoms. The van der Waals surface area contributed by atoms with Crippen LogP contribution in [0.25, 0.3) is 0 Å². The highest BCUT2D eigenvalue weighted by Gasteiger charge is 2.37. The van der Waals surface area contributed by atoms with Gasteiger partial charge in [-0.15, -0.1) is 0 Å². The second-order valence-electron chi connectivity index (χ2n) is 4.50. The van der Waals surface area contributed by atoms with Crippen LogP contribution in [-0.2, 0) is 9.53 Å². The largest absolute Gasteiger partial charge is 0.465 e. The molecule has 0 N–H and O–H groups in total. The van der Waals surface area contributed by atoms with Gasteiger partial charge in [-0.25, -0.2) is 0 Å². The van der Waals surface area contributed by atoms with Gasteiger partial charge in [0, 0.05) is 12.8 Å². The van der Waals surface area contributed by atoms with Gasteiger partial charge in [0.15, 0.2) is 0 Å². The van der Waals surface area contributed by atoms with Gasteiger partial charge in [0.1, 0.15) is 0 Å². The summed E-state index contributed by atoms with van der Waals surface area (Å²) in [5.74, 6) is 0.145. The lowest BCUT2D eigenvalue weighted by Crippen LogP contribution is -2.24. The van der Waals surface area contributed by atoms with Crippen LogP contribution in [-0.4, -0.2) is 12.6 Å². The van der Waals surface area contributed by atoms with Crippen molar-refractivity contribution in [3.63, 3.8) is 0 Å². The number of rotatable bonds is 2. The molecular formula is C11H18O2. The number of hydrogen-bond donors (Lipinski definition) is 0. The fourth-order valence-corrected chi connectivity index (χ4v) is 1.93. The summed E-state index contributed by atoms with van der Waals surface area (Å²) in [5, 5.41) is 0. The van der Waals surface area contributed by atoms with E-state index in [1.54, 1.807) is 0 Å². The Kier molecular flexibility index (Phi) is 2.79. The lowest BCUT2D eigenvalue weighted by molar-refractivity contribution is -0.142. The summed E-state index contributed by atoms with van der Waals surface area (Å²) in [6, 6.07) is 0. The average molecular weight is 182 g/mol. The average Bonchev–Trinajstić information content (AvgIpc) is 2.23. The molecule has 2 nitrogen and oxygen atoms in total. The Morgan fingerprint density at radius 2 is 2.31 bits per heavy atom. The highest BCUT2D eigenvalue weighted by atomic mass is 16.5. The number of hydrogen-bond acceptors (Lipinski definition) is 2. The van der Waals surface area contributed by atoms with E-state index in [1.807, 2.05) is 0 Å². The first-order chi connectivity index (χ1) is 5.93. The van der Waals surface area contributed by atoms with Crippen LogP contribution in [0, 0.1) is 11.3 Å². The summed E-state index contributed by atoms with van der Waals surface area (Å²) in [6.07, 6.45) is 2.22. The number of carbonyl (C=O) groups excluding carboxylic acids is 1. The highest BCUT2D eigenvalue weighted by Crippen LogP contribution is 2.45. The molecule has 1 saturated carbocycles. The van der Waals surface area contributed by atoms with E-state index < -0.39 is 0 Å². The minimum Gasteiger partial charge on any atom is -0.465 e. The molecule has 1 aliphatic carbocycles. The molecule has 0 aromatic rings. The van der Waals surface area contributed by atoms with E-state index in [1.165, 1.54) is 12.5 Å². The first kappa shape index (κ1) is 10.3. The van der Waals surface area contributed by atoms with Gasteiger partial charge in [-0.1, -0.05) is 26.0 Å². The van der Waals surface area contributed by atoms with Gasteiger partial charge in [-0.05, 0) is 18.3 Å². The Hall–Kier alpha value is -0.790. The van der Waals surface area contributed by atoms with E-state index in [0.717, 1.165) is 12.8 Å². The molecule has 74 valence electrons. The molecule has 0 aromatic heterocycles. The molecule has 0 radical (unpaired) electrons. The Morgan fingerprint density at radius 1 is 1.69 bits per heavy atom. The lowest BCUT2D eigenvalue weighted by atomic mass is 9.81. The molecule has 0 aliphatic heterocycles. The molecule has 13 heavy (non-hydrogen) atoms. The summed E-state index contributed by atoms with van der Waals surface area (Å²) in [4.78, 5) is 10.7. The fraction of sp³-hybridized carbons (Fsp3) is 0.727. The van der Waals surface area contributed by atoms with Crippen LogP contribution in [0.4, 0.5) is 0 Å². The Morgan fingerprint density at radius 3 is 2.69 bits per heavy atom. The van der Waals surface area contributed by atoms with E-state index in [9.17, 15) is 4.79 Å². The first-order valence-corrected chi connectivity index (χ1v) is 4.74. The number of carbonyl (C=O) groups is 1.